The summed E-state index contributed by atoms with van der Waals surface area (Å²) in [6, 6.07) is 70.6. The molecule has 1 radical (unpaired) electrons. The van der Waals surface area contributed by atoms with Crippen molar-refractivity contribution in [2.75, 3.05) is 13.2 Å². The van der Waals surface area contributed by atoms with Crippen molar-refractivity contribution >= 4 is 0 Å². The zero-order valence-corrected chi connectivity index (χ0v) is 39.9. The Morgan fingerprint density at radius 2 is 0.620 bits per heavy atom. The minimum Gasteiger partial charge on any atom is -0.374 e. The summed E-state index contributed by atoms with van der Waals surface area (Å²) in [4.78, 5) is 0. The standard InChI is InChI=1S/C61H63O10/c1-8-22-46(23-9-1)36-62-43-53-58(56(66-39-49-28-14-4-15-29-49)54(45-65-53)64-38-48-26-12-3-13-27-48)71-61-60(69-42-52-34-20-7-21-35-52)59(68-41-51-32-18-6-19-33-51)57(67-40-50-30-16-5-17-31-50)55(70-61)44-63-37-47-24-10-2-11-25-47/h1-35,45,53-61H,36-44H2/t53-,54+,55-,56-,57+,58-,59+,60-,61+/m1/s1. The SMILES string of the molecule is [CH]1O[C@H](COCc2ccccc2)[C@@H](O[C@@H]2O[C@H](COCc3ccccc3)[C@H](OCc3ccccc3)[C@H](OCc3ccccc3)[C@H]2OCc2ccccc2)[C@H](OCc2ccccc2)[C@H]1OCc1ccccc1. The molecule has 0 aromatic heterocycles. The van der Waals surface area contributed by atoms with Crippen molar-refractivity contribution in [3.8, 4) is 0 Å². The van der Waals surface area contributed by atoms with Gasteiger partial charge in [0.05, 0.1) is 59.5 Å². The largest absolute Gasteiger partial charge is 0.374 e. The van der Waals surface area contributed by atoms with Gasteiger partial charge in [-0.3, -0.25) is 0 Å². The third-order valence-electron chi connectivity index (χ3n) is 12.5. The summed E-state index contributed by atoms with van der Waals surface area (Å²) in [6.45, 7) is 4.23. The van der Waals surface area contributed by atoms with E-state index in [1.165, 1.54) is 0 Å². The fraction of sp³-hybridized carbons (Fsp3) is 0.295. The maximum atomic E-state index is 7.45. The highest BCUT2D eigenvalue weighted by molar-refractivity contribution is 5.19. The summed E-state index contributed by atoms with van der Waals surface area (Å²) in [5.41, 5.74) is 7.06. The second kappa shape index (κ2) is 27.1. The van der Waals surface area contributed by atoms with Crippen LogP contribution < -0.4 is 0 Å². The Morgan fingerprint density at radius 3 is 1.03 bits per heavy atom. The van der Waals surface area contributed by atoms with E-state index < -0.39 is 55.1 Å². The summed E-state index contributed by atoms with van der Waals surface area (Å²) in [5.74, 6) is 0. The zero-order valence-electron chi connectivity index (χ0n) is 39.9. The molecule has 367 valence electrons. The lowest BCUT2D eigenvalue weighted by Gasteiger charge is -2.49. The molecule has 0 bridgehead atoms. The van der Waals surface area contributed by atoms with Gasteiger partial charge in [0.1, 0.15) is 55.4 Å². The van der Waals surface area contributed by atoms with E-state index in [0.717, 1.165) is 38.9 Å². The van der Waals surface area contributed by atoms with Gasteiger partial charge in [-0.05, 0) is 38.9 Å². The summed E-state index contributed by atoms with van der Waals surface area (Å²) < 4.78 is 69.1. The van der Waals surface area contributed by atoms with E-state index in [-0.39, 0.29) is 33.0 Å². The Bertz CT molecular complexity index is 2510. The van der Waals surface area contributed by atoms with Gasteiger partial charge in [-0.25, -0.2) is 0 Å². The second-order valence-corrected chi connectivity index (χ2v) is 17.8. The van der Waals surface area contributed by atoms with Gasteiger partial charge in [0.15, 0.2) is 6.29 Å². The lowest BCUT2D eigenvalue weighted by Crippen LogP contribution is -2.64. The van der Waals surface area contributed by atoms with Gasteiger partial charge in [-0.15, -0.1) is 0 Å². The molecule has 10 heteroatoms. The van der Waals surface area contributed by atoms with E-state index in [0.29, 0.717) is 26.4 Å². The molecule has 2 heterocycles. The molecule has 2 aliphatic rings. The van der Waals surface area contributed by atoms with Crippen molar-refractivity contribution < 1.29 is 47.4 Å². The molecule has 2 aliphatic heterocycles. The molecule has 71 heavy (non-hydrogen) atoms. The Labute approximate surface area is 418 Å². The van der Waals surface area contributed by atoms with Crippen LogP contribution in [0.3, 0.4) is 0 Å². The average Bonchev–Trinajstić information content (AvgIpc) is 3.43. The van der Waals surface area contributed by atoms with E-state index in [1.54, 1.807) is 6.61 Å². The van der Waals surface area contributed by atoms with Gasteiger partial charge in [0.25, 0.3) is 0 Å². The Morgan fingerprint density at radius 1 is 0.296 bits per heavy atom. The van der Waals surface area contributed by atoms with Gasteiger partial charge in [-0.2, -0.15) is 0 Å². The first kappa shape index (κ1) is 50.1. The maximum Gasteiger partial charge on any atom is 0.187 e. The summed E-state index contributed by atoms with van der Waals surface area (Å²) in [6.07, 6.45) is -6.76. The van der Waals surface area contributed by atoms with Crippen molar-refractivity contribution in [1.82, 2.24) is 0 Å². The molecule has 9 rings (SSSR count). The molecule has 0 unspecified atom stereocenters. The molecule has 0 amide bonds. The lowest BCUT2D eigenvalue weighted by molar-refractivity contribution is -0.355. The molecule has 9 atom stereocenters. The van der Waals surface area contributed by atoms with Crippen LogP contribution in [0.25, 0.3) is 0 Å². The van der Waals surface area contributed by atoms with Crippen LogP contribution >= 0.6 is 0 Å². The molecular weight excluding hydrogens is 893 g/mol. The van der Waals surface area contributed by atoms with E-state index in [1.807, 2.05) is 212 Å². The first-order valence-corrected chi connectivity index (χ1v) is 24.5. The van der Waals surface area contributed by atoms with Crippen molar-refractivity contribution in [1.29, 1.82) is 0 Å². The lowest BCUT2D eigenvalue weighted by atomic mass is 9.96. The summed E-state index contributed by atoms with van der Waals surface area (Å²) in [7, 11) is 0. The highest BCUT2D eigenvalue weighted by atomic mass is 16.7. The number of benzene rings is 7. The van der Waals surface area contributed by atoms with Crippen molar-refractivity contribution in [2.45, 2.75) is 101 Å². The van der Waals surface area contributed by atoms with Crippen LogP contribution in [0.1, 0.15) is 38.9 Å². The molecule has 10 nitrogen and oxygen atoms in total. The van der Waals surface area contributed by atoms with Gasteiger partial charge in [0, 0.05) is 0 Å². The van der Waals surface area contributed by atoms with Gasteiger partial charge < -0.3 is 47.4 Å². The highest BCUT2D eigenvalue weighted by Gasteiger charge is 2.53. The minimum absolute atomic E-state index is 0.167. The van der Waals surface area contributed by atoms with Crippen molar-refractivity contribution in [3.05, 3.63) is 258 Å². The summed E-state index contributed by atoms with van der Waals surface area (Å²) >= 11 is 0. The molecule has 0 spiro atoms. The number of rotatable bonds is 25. The van der Waals surface area contributed by atoms with Gasteiger partial charge in [0.2, 0.25) is 0 Å². The molecule has 7 aromatic rings. The molecule has 0 N–H and O–H groups in total. The molecule has 7 aromatic carbocycles. The predicted molar refractivity (Wildman–Crippen MR) is 270 cm³/mol. The van der Waals surface area contributed by atoms with E-state index >= 15 is 0 Å². The number of ether oxygens (including phenoxy) is 10. The minimum atomic E-state index is -1.05. The zero-order chi connectivity index (χ0) is 48.1. The number of hydrogen-bond donors (Lipinski definition) is 0. The van der Waals surface area contributed by atoms with Crippen LogP contribution in [0.5, 0.6) is 0 Å². The molecule has 0 aliphatic carbocycles. The topological polar surface area (TPSA) is 92.3 Å². The molecular formula is C61H63O10. The molecule has 2 fully saturated rings. The highest BCUT2D eigenvalue weighted by Crippen LogP contribution is 2.36. The van der Waals surface area contributed by atoms with Crippen molar-refractivity contribution in [2.24, 2.45) is 0 Å². The first-order chi connectivity index (χ1) is 35.2. The van der Waals surface area contributed by atoms with E-state index in [9.17, 15) is 0 Å². The number of hydrogen-bond acceptors (Lipinski definition) is 10. The van der Waals surface area contributed by atoms with Crippen LogP contribution in [0.4, 0.5) is 0 Å². The molecule has 2 saturated heterocycles. The van der Waals surface area contributed by atoms with Crippen LogP contribution in [-0.2, 0) is 93.6 Å². The van der Waals surface area contributed by atoms with Crippen LogP contribution in [0, 0.1) is 6.61 Å². The van der Waals surface area contributed by atoms with Gasteiger partial charge in [-0.1, -0.05) is 212 Å². The van der Waals surface area contributed by atoms with Crippen LogP contribution in [0.15, 0.2) is 212 Å². The van der Waals surface area contributed by atoms with E-state index in [4.69, 9.17) is 47.4 Å². The Balaban J connectivity index is 1.08. The normalized spacial score (nSPS) is 23.3. The first-order valence-electron chi connectivity index (χ1n) is 24.5. The monoisotopic (exact) mass is 955 g/mol. The fourth-order valence-corrected chi connectivity index (χ4v) is 8.77. The average molecular weight is 956 g/mol. The van der Waals surface area contributed by atoms with Crippen molar-refractivity contribution in [3.63, 3.8) is 0 Å². The quantitative estimate of drug-likeness (QED) is 0.0551. The predicted octanol–water partition coefficient (Wildman–Crippen LogP) is 11.0. The smallest absolute Gasteiger partial charge is 0.187 e. The third-order valence-corrected chi connectivity index (χ3v) is 12.5. The molecule has 0 saturated carbocycles. The summed E-state index contributed by atoms with van der Waals surface area (Å²) in [5, 5.41) is 0. The third kappa shape index (κ3) is 15.1. The maximum absolute atomic E-state index is 7.45. The van der Waals surface area contributed by atoms with Crippen LogP contribution in [0.2, 0.25) is 0 Å². The Hall–Kier alpha value is -5.86. The fourth-order valence-electron chi connectivity index (χ4n) is 8.77. The second-order valence-electron chi connectivity index (χ2n) is 17.8. The Kier molecular flexibility index (Phi) is 19.1. The van der Waals surface area contributed by atoms with Crippen LogP contribution in [-0.4, -0.2) is 68.3 Å². The van der Waals surface area contributed by atoms with E-state index in [2.05, 4.69) is 0 Å². The van der Waals surface area contributed by atoms with Gasteiger partial charge >= 0.3 is 0 Å².